The number of carbonyl (C=O) groups is 1. The van der Waals surface area contributed by atoms with Gasteiger partial charge in [-0.05, 0) is 48.7 Å². The SMILES string of the molecule is Cc1[nH]c2ccccc2c1CCNc1ccc(/C=C/C(=O)NO)cc1. The number of aromatic nitrogens is 1. The van der Waals surface area contributed by atoms with Crippen LogP contribution in [0.2, 0.25) is 0 Å². The molecule has 0 bridgehead atoms. The normalized spacial score (nSPS) is 11.1. The Hall–Kier alpha value is -3.05. The fourth-order valence-electron chi connectivity index (χ4n) is 2.91. The first-order valence-corrected chi connectivity index (χ1v) is 8.19. The number of nitrogens with one attached hydrogen (secondary N) is 3. The maximum atomic E-state index is 11.0. The molecule has 0 saturated heterocycles. The van der Waals surface area contributed by atoms with E-state index in [9.17, 15) is 4.79 Å². The van der Waals surface area contributed by atoms with Gasteiger partial charge in [-0.1, -0.05) is 30.3 Å². The minimum Gasteiger partial charge on any atom is -0.385 e. The van der Waals surface area contributed by atoms with Crippen LogP contribution >= 0.6 is 0 Å². The number of hydroxylamine groups is 1. The summed E-state index contributed by atoms with van der Waals surface area (Å²) in [6, 6.07) is 16.1. The van der Waals surface area contributed by atoms with Gasteiger partial charge in [0.05, 0.1) is 0 Å². The number of anilines is 1. The number of hydrogen-bond acceptors (Lipinski definition) is 3. The molecule has 1 heterocycles. The van der Waals surface area contributed by atoms with Crippen LogP contribution in [0.25, 0.3) is 17.0 Å². The first-order valence-electron chi connectivity index (χ1n) is 8.19. The molecular weight excluding hydrogens is 314 g/mol. The van der Waals surface area contributed by atoms with Crippen LogP contribution in [0, 0.1) is 6.92 Å². The lowest BCUT2D eigenvalue weighted by molar-refractivity contribution is -0.124. The first kappa shape index (κ1) is 16.8. The molecule has 0 fully saturated rings. The summed E-state index contributed by atoms with van der Waals surface area (Å²) < 4.78 is 0. The second-order valence-corrected chi connectivity index (χ2v) is 5.88. The molecule has 0 unspecified atom stereocenters. The average Bonchev–Trinajstić information content (AvgIpc) is 2.96. The second kappa shape index (κ2) is 7.68. The van der Waals surface area contributed by atoms with Crippen molar-refractivity contribution >= 4 is 28.6 Å². The molecule has 0 saturated carbocycles. The van der Waals surface area contributed by atoms with Crippen molar-refractivity contribution in [3.8, 4) is 0 Å². The summed E-state index contributed by atoms with van der Waals surface area (Å²) in [7, 11) is 0. The van der Waals surface area contributed by atoms with E-state index in [2.05, 4.69) is 35.4 Å². The number of fused-ring (bicyclic) bond motifs is 1. The quantitative estimate of drug-likeness (QED) is 0.315. The minimum absolute atomic E-state index is 0.545. The zero-order valence-electron chi connectivity index (χ0n) is 14.0. The van der Waals surface area contributed by atoms with E-state index in [-0.39, 0.29) is 0 Å². The number of rotatable bonds is 6. The first-order chi connectivity index (χ1) is 12.2. The van der Waals surface area contributed by atoms with Crippen LogP contribution in [-0.4, -0.2) is 22.6 Å². The van der Waals surface area contributed by atoms with Gasteiger partial charge in [-0.15, -0.1) is 0 Å². The molecule has 2 aromatic carbocycles. The molecule has 5 nitrogen and oxygen atoms in total. The van der Waals surface area contributed by atoms with Gasteiger partial charge in [0.1, 0.15) is 0 Å². The lowest BCUT2D eigenvalue weighted by atomic mass is 10.1. The average molecular weight is 335 g/mol. The Morgan fingerprint density at radius 1 is 1.16 bits per heavy atom. The molecule has 0 aliphatic heterocycles. The van der Waals surface area contributed by atoms with Gasteiger partial charge in [0.25, 0.3) is 5.91 Å². The zero-order valence-corrected chi connectivity index (χ0v) is 14.0. The van der Waals surface area contributed by atoms with Crippen LogP contribution in [0.15, 0.2) is 54.6 Å². The number of aryl methyl sites for hydroxylation is 1. The predicted molar refractivity (Wildman–Crippen MR) is 101 cm³/mol. The molecule has 0 radical (unpaired) electrons. The molecule has 4 N–H and O–H groups in total. The fourth-order valence-corrected chi connectivity index (χ4v) is 2.91. The maximum absolute atomic E-state index is 11.0. The highest BCUT2D eigenvalue weighted by Gasteiger charge is 2.07. The van der Waals surface area contributed by atoms with Crippen LogP contribution in [0.1, 0.15) is 16.8 Å². The number of amides is 1. The van der Waals surface area contributed by atoms with E-state index in [0.29, 0.717) is 0 Å². The highest BCUT2D eigenvalue weighted by atomic mass is 16.5. The molecule has 5 heteroatoms. The van der Waals surface area contributed by atoms with Gasteiger partial charge in [-0.25, -0.2) is 5.48 Å². The second-order valence-electron chi connectivity index (χ2n) is 5.88. The van der Waals surface area contributed by atoms with Crippen molar-refractivity contribution in [3.05, 3.63) is 71.4 Å². The number of para-hydroxylation sites is 1. The largest absolute Gasteiger partial charge is 0.385 e. The third-order valence-corrected chi connectivity index (χ3v) is 4.18. The van der Waals surface area contributed by atoms with Crippen LogP contribution < -0.4 is 10.8 Å². The van der Waals surface area contributed by atoms with Gasteiger partial charge in [-0.3, -0.25) is 10.0 Å². The van der Waals surface area contributed by atoms with Crippen molar-refractivity contribution in [1.82, 2.24) is 10.5 Å². The standard InChI is InChI=1S/C20H21N3O2/c1-14-17(18-4-2-3-5-19(18)22-14)12-13-21-16-9-6-15(7-10-16)8-11-20(24)23-25/h2-11,21-22,25H,12-13H2,1H3,(H,23,24)/b11-8+. The summed E-state index contributed by atoms with van der Waals surface area (Å²) >= 11 is 0. The van der Waals surface area contributed by atoms with Crippen LogP contribution in [0.4, 0.5) is 5.69 Å². The predicted octanol–water partition coefficient (Wildman–Crippen LogP) is 3.65. The van der Waals surface area contributed by atoms with E-state index in [4.69, 9.17) is 5.21 Å². The van der Waals surface area contributed by atoms with E-state index in [1.165, 1.54) is 28.2 Å². The lowest BCUT2D eigenvalue weighted by Crippen LogP contribution is -2.14. The number of benzene rings is 2. The molecule has 0 aliphatic carbocycles. The van der Waals surface area contributed by atoms with Gasteiger partial charge in [-0.2, -0.15) is 0 Å². The molecule has 0 atom stereocenters. The summed E-state index contributed by atoms with van der Waals surface area (Å²) in [5.41, 5.74) is 7.22. The summed E-state index contributed by atoms with van der Waals surface area (Å²) in [6.45, 7) is 2.95. The Labute approximate surface area is 146 Å². The smallest absolute Gasteiger partial charge is 0.267 e. The molecule has 1 amide bonds. The van der Waals surface area contributed by atoms with Crippen molar-refractivity contribution in [1.29, 1.82) is 0 Å². The van der Waals surface area contributed by atoms with Crippen molar-refractivity contribution < 1.29 is 10.0 Å². The monoisotopic (exact) mass is 335 g/mol. The fraction of sp³-hybridized carbons (Fsp3) is 0.150. The van der Waals surface area contributed by atoms with E-state index in [1.54, 1.807) is 11.6 Å². The molecule has 3 rings (SSSR count). The van der Waals surface area contributed by atoms with E-state index in [0.717, 1.165) is 24.2 Å². The third-order valence-electron chi connectivity index (χ3n) is 4.18. The Balaban J connectivity index is 1.59. The number of hydrogen-bond donors (Lipinski definition) is 4. The van der Waals surface area contributed by atoms with Crippen molar-refractivity contribution in [2.75, 3.05) is 11.9 Å². The summed E-state index contributed by atoms with van der Waals surface area (Å²) in [6.07, 6.45) is 3.86. The highest BCUT2D eigenvalue weighted by molar-refractivity contribution is 5.90. The van der Waals surface area contributed by atoms with Gasteiger partial charge < -0.3 is 10.3 Å². The van der Waals surface area contributed by atoms with Crippen molar-refractivity contribution in [3.63, 3.8) is 0 Å². The summed E-state index contributed by atoms with van der Waals surface area (Å²) in [5, 5.41) is 13.2. The van der Waals surface area contributed by atoms with E-state index in [1.807, 2.05) is 30.3 Å². The third kappa shape index (κ3) is 4.08. The van der Waals surface area contributed by atoms with Crippen molar-refractivity contribution in [2.45, 2.75) is 13.3 Å². The molecule has 25 heavy (non-hydrogen) atoms. The highest BCUT2D eigenvalue weighted by Crippen LogP contribution is 2.22. The summed E-state index contributed by atoms with van der Waals surface area (Å²) in [5.74, 6) is -0.545. The van der Waals surface area contributed by atoms with E-state index < -0.39 is 5.91 Å². The molecule has 0 aliphatic rings. The minimum atomic E-state index is -0.545. The lowest BCUT2D eigenvalue weighted by Gasteiger charge is -2.07. The topological polar surface area (TPSA) is 77.2 Å². The van der Waals surface area contributed by atoms with Gasteiger partial charge in [0.2, 0.25) is 0 Å². The van der Waals surface area contributed by atoms with Crippen LogP contribution in [0.5, 0.6) is 0 Å². The summed E-state index contributed by atoms with van der Waals surface area (Å²) in [4.78, 5) is 14.4. The van der Waals surface area contributed by atoms with Crippen molar-refractivity contribution in [2.24, 2.45) is 0 Å². The molecule has 128 valence electrons. The van der Waals surface area contributed by atoms with Gasteiger partial charge in [0, 0.05) is 34.9 Å². The molecular formula is C20H21N3O2. The van der Waals surface area contributed by atoms with Gasteiger partial charge >= 0.3 is 0 Å². The Morgan fingerprint density at radius 2 is 1.92 bits per heavy atom. The Bertz CT molecular complexity index is 895. The van der Waals surface area contributed by atoms with E-state index >= 15 is 0 Å². The molecule has 3 aromatic rings. The van der Waals surface area contributed by atoms with Crippen LogP contribution in [-0.2, 0) is 11.2 Å². The molecule has 0 spiro atoms. The number of carbonyl (C=O) groups excluding carboxylic acids is 1. The number of H-pyrrole nitrogens is 1. The Morgan fingerprint density at radius 3 is 2.68 bits per heavy atom. The Kier molecular flexibility index (Phi) is 5.16. The molecule has 1 aromatic heterocycles. The maximum Gasteiger partial charge on any atom is 0.267 e. The zero-order chi connectivity index (χ0) is 17.6. The number of aromatic amines is 1. The van der Waals surface area contributed by atoms with Crippen LogP contribution in [0.3, 0.4) is 0 Å². The van der Waals surface area contributed by atoms with Gasteiger partial charge in [0.15, 0.2) is 0 Å².